The zero-order valence-corrected chi connectivity index (χ0v) is 15.0. The minimum atomic E-state index is -0.0157. The number of carbonyl (C=O) groups excluding carboxylic acids is 2. The Kier molecular flexibility index (Phi) is 4.29. The normalized spacial score (nSPS) is 23.0. The molecule has 0 aliphatic carbocycles. The monoisotopic (exact) mass is 355 g/mol. The average molecular weight is 355 g/mol. The van der Waals surface area contributed by atoms with Crippen molar-refractivity contribution >= 4 is 23.2 Å². The summed E-state index contributed by atoms with van der Waals surface area (Å²) in [6.07, 6.45) is 1.30. The van der Waals surface area contributed by atoms with Crippen molar-refractivity contribution in [1.82, 2.24) is 14.8 Å². The summed E-state index contributed by atoms with van der Waals surface area (Å²) in [5, 5.41) is 2.90. The number of rotatable bonds is 3. The third-order valence-corrected chi connectivity index (χ3v) is 6.17. The largest absolute Gasteiger partial charge is 0.345 e. The van der Waals surface area contributed by atoms with Gasteiger partial charge in [-0.2, -0.15) is 0 Å². The van der Waals surface area contributed by atoms with Gasteiger partial charge in [-0.05, 0) is 12.3 Å². The number of hydrogen-bond acceptors (Lipinski definition) is 4. The van der Waals surface area contributed by atoms with Crippen LogP contribution in [0, 0.1) is 11.8 Å². The van der Waals surface area contributed by atoms with E-state index in [1.54, 1.807) is 16.2 Å². The first kappa shape index (κ1) is 16.3. The lowest BCUT2D eigenvalue weighted by Gasteiger charge is -2.30. The molecule has 1 aromatic heterocycles. The zero-order chi connectivity index (χ0) is 17.4. The van der Waals surface area contributed by atoms with E-state index < -0.39 is 0 Å². The fraction of sp³-hybridized carbons (Fsp3) is 0.421. The van der Waals surface area contributed by atoms with Crippen molar-refractivity contribution < 1.29 is 9.59 Å². The summed E-state index contributed by atoms with van der Waals surface area (Å²) in [6, 6.07) is 10.0. The number of amides is 2. The summed E-state index contributed by atoms with van der Waals surface area (Å²) in [5.74, 6) is 0.572. The Morgan fingerprint density at radius 3 is 2.88 bits per heavy atom. The van der Waals surface area contributed by atoms with Crippen LogP contribution >= 0.6 is 11.3 Å². The highest BCUT2D eigenvalue weighted by molar-refractivity contribution is 7.13. The number of likely N-dealkylation sites (tertiary alicyclic amines) is 2. The molecule has 0 radical (unpaired) electrons. The van der Waals surface area contributed by atoms with Crippen LogP contribution in [0.1, 0.15) is 12.1 Å². The predicted octanol–water partition coefficient (Wildman–Crippen LogP) is 2.29. The summed E-state index contributed by atoms with van der Waals surface area (Å²) in [6.45, 7) is 2.07. The molecule has 0 unspecified atom stereocenters. The highest BCUT2D eigenvalue weighted by Gasteiger charge is 2.43. The maximum atomic E-state index is 12.7. The first-order chi connectivity index (χ1) is 12.1. The van der Waals surface area contributed by atoms with Gasteiger partial charge in [0.05, 0.1) is 18.0 Å². The van der Waals surface area contributed by atoms with Crippen molar-refractivity contribution in [2.75, 3.05) is 26.7 Å². The molecule has 1 aromatic carbocycles. The fourth-order valence-electron chi connectivity index (χ4n) is 3.77. The van der Waals surface area contributed by atoms with Crippen LogP contribution in [0.2, 0.25) is 0 Å². The number of carbonyl (C=O) groups is 2. The molecule has 2 saturated heterocycles. The molecule has 25 heavy (non-hydrogen) atoms. The minimum absolute atomic E-state index is 0.0157. The van der Waals surface area contributed by atoms with Crippen molar-refractivity contribution in [3.8, 4) is 10.6 Å². The molecule has 2 aromatic rings. The summed E-state index contributed by atoms with van der Waals surface area (Å²) in [4.78, 5) is 33.2. The smallest absolute Gasteiger partial charge is 0.228 e. The number of aromatic nitrogens is 1. The third kappa shape index (κ3) is 3.18. The first-order valence-corrected chi connectivity index (χ1v) is 9.52. The van der Waals surface area contributed by atoms with E-state index in [-0.39, 0.29) is 17.7 Å². The van der Waals surface area contributed by atoms with Gasteiger partial charge in [0.1, 0.15) is 5.01 Å². The van der Waals surface area contributed by atoms with E-state index in [4.69, 9.17) is 0 Å². The van der Waals surface area contributed by atoms with Gasteiger partial charge >= 0.3 is 0 Å². The van der Waals surface area contributed by atoms with Crippen LogP contribution in [-0.2, 0) is 16.0 Å². The van der Waals surface area contributed by atoms with E-state index in [9.17, 15) is 9.59 Å². The van der Waals surface area contributed by atoms with Crippen LogP contribution < -0.4 is 0 Å². The quantitative estimate of drug-likeness (QED) is 0.849. The average Bonchev–Trinajstić information content (AvgIpc) is 3.26. The number of fused-ring (bicyclic) bond motifs is 1. The number of hydrogen-bond donors (Lipinski definition) is 0. The van der Waals surface area contributed by atoms with E-state index in [0.29, 0.717) is 25.4 Å². The molecule has 0 bridgehead atoms. The van der Waals surface area contributed by atoms with Gasteiger partial charge in [0.15, 0.2) is 0 Å². The van der Waals surface area contributed by atoms with Crippen molar-refractivity contribution in [2.24, 2.45) is 11.8 Å². The number of thiazole rings is 1. The summed E-state index contributed by atoms with van der Waals surface area (Å²) >= 11 is 1.57. The molecule has 0 N–H and O–H groups in total. The molecule has 6 heteroatoms. The molecule has 2 amide bonds. The van der Waals surface area contributed by atoms with Gasteiger partial charge in [0.2, 0.25) is 11.8 Å². The first-order valence-electron chi connectivity index (χ1n) is 8.64. The summed E-state index contributed by atoms with van der Waals surface area (Å²) < 4.78 is 0. The van der Waals surface area contributed by atoms with Gasteiger partial charge < -0.3 is 9.80 Å². The van der Waals surface area contributed by atoms with Crippen molar-refractivity contribution in [3.05, 3.63) is 41.4 Å². The molecule has 0 spiro atoms. The second-order valence-corrected chi connectivity index (χ2v) is 7.76. The second kappa shape index (κ2) is 6.59. The van der Waals surface area contributed by atoms with Crippen molar-refractivity contribution in [3.63, 3.8) is 0 Å². The number of benzene rings is 1. The Morgan fingerprint density at radius 1 is 1.28 bits per heavy atom. The van der Waals surface area contributed by atoms with Gasteiger partial charge in [-0.3, -0.25) is 9.59 Å². The van der Waals surface area contributed by atoms with Gasteiger partial charge in [-0.15, -0.1) is 11.3 Å². The predicted molar refractivity (Wildman–Crippen MR) is 97.1 cm³/mol. The lowest BCUT2D eigenvalue weighted by Crippen LogP contribution is -2.42. The molecule has 2 fully saturated rings. The minimum Gasteiger partial charge on any atom is -0.345 e. The number of nitrogens with zero attached hydrogens (tertiary/aromatic N) is 3. The molecule has 2 atom stereocenters. The molecule has 2 aliphatic rings. The highest BCUT2D eigenvalue weighted by atomic mass is 32.1. The molecule has 3 heterocycles. The highest BCUT2D eigenvalue weighted by Crippen LogP contribution is 2.32. The van der Waals surface area contributed by atoms with Crippen molar-refractivity contribution in [2.45, 2.75) is 12.8 Å². The van der Waals surface area contributed by atoms with Crippen LogP contribution in [0.5, 0.6) is 0 Å². The fourth-order valence-corrected chi connectivity index (χ4v) is 4.59. The van der Waals surface area contributed by atoms with E-state index >= 15 is 0 Å². The topological polar surface area (TPSA) is 53.5 Å². The van der Waals surface area contributed by atoms with E-state index in [0.717, 1.165) is 29.2 Å². The maximum absolute atomic E-state index is 12.7. The lowest BCUT2D eigenvalue weighted by atomic mass is 9.88. The Hall–Kier alpha value is -2.21. The van der Waals surface area contributed by atoms with Crippen LogP contribution in [-0.4, -0.2) is 53.3 Å². The van der Waals surface area contributed by atoms with Gasteiger partial charge in [-0.1, -0.05) is 30.3 Å². The van der Waals surface area contributed by atoms with Crippen LogP contribution in [0.4, 0.5) is 0 Å². The van der Waals surface area contributed by atoms with Crippen LogP contribution in [0.3, 0.4) is 0 Å². The molecule has 0 saturated carbocycles. The summed E-state index contributed by atoms with van der Waals surface area (Å²) in [5.41, 5.74) is 1.89. The zero-order valence-electron chi connectivity index (χ0n) is 14.2. The van der Waals surface area contributed by atoms with Crippen molar-refractivity contribution in [1.29, 1.82) is 0 Å². The molecular formula is C19H21N3O2S. The molecule has 130 valence electrons. The maximum Gasteiger partial charge on any atom is 0.228 e. The standard InChI is InChI=1S/C19H21N3O2S/c1-21-8-7-14-10-22(11-16(14)19(21)24)17(23)9-15-12-25-18(20-15)13-5-3-2-4-6-13/h2-6,12,14,16H,7-11H2,1H3/t14-,16+/m1/s1. The molecule has 4 rings (SSSR count). The van der Waals surface area contributed by atoms with E-state index in [2.05, 4.69) is 4.98 Å². The Labute approximate surface area is 151 Å². The van der Waals surface area contributed by atoms with Gasteiger partial charge in [-0.25, -0.2) is 4.98 Å². The third-order valence-electron chi connectivity index (χ3n) is 5.23. The van der Waals surface area contributed by atoms with E-state index in [1.165, 1.54) is 0 Å². The summed E-state index contributed by atoms with van der Waals surface area (Å²) in [7, 11) is 1.85. The van der Waals surface area contributed by atoms with Gasteiger partial charge in [0, 0.05) is 37.6 Å². The number of piperidine rings is 1. The Bertz CT molecular complexity index is 789. The lowest BCUT2D eigenvalue weighted by molar-refractivity contribution is -0.138. The molecule has 5 nitrogen and oxygen atoms in total. The van der Waals surface area contributed by atoms with E-state index in [1.807, 2.05) is 47.7 Å². The molecule has 2 aliphatic heterocycles. The second-order valence-electron chi connectivity index (χ2n) is 6.90. The van der Waals surface area contributed by atoms with Crippen LogP contribution in [0.25, 0.3) is 10.6 Å². The Morgan fingerprint density at radius 2 is 2.08 bits per heavy atom. The molecular weight excluding hydrogens is 334 g/mol. The SMILES string of the molecule is CN1CC[C@@H]2CN(C(=O)Cc3csc(-c4ccccc4)n3)C[C@@H]2C1=O. The van der Waals surface area contributed by atoms with Gasteiger partial charge in [0.25, 0.3) is 0 Å². The Balaban J connectivity index is 1.42. The van der Waals surface area contributed by atoms with Crippen LogP contribution in [0.15, 0.2) is 35.7 Å².